The molecule has 26 heavy (non-hydrogen) atoms. The Hall–Kier alpha value is -2.72. The van der Waals surface area contributed by atoms with Gasteiger partial charge in [-0.2, -0.15) is 4.31 Å². The molecule has 0 saturated carbocycles. The van der Waals surface area contributed by atoms with Crippen molar-refractivity contribution in [3.05, 3.63) is 42.1 Å². The second kappa shape index (κ2) is 7.26. The molecule has 1 aromatic heterocycles. The SMILES string of the molecule is CS(=O)(=O)N1CCC[C@H]1C(=O)NNC(=O)c1cc(-c2ccccc2)on1. The molecule has 10 heteroatoms. The van der Waals surface area contributed by atoms with Gasteiger partial charge in [-0.1, -0.05) is 35.5 Å². The van der Waals surface area contributed by atoms with Gasteiger partial charge in [-0.25, -0.2) is 8.42 Å². The van der Waals surface area contributed by atoms with Crippen LogP contribution >= 0.6 is 0 Å². The molecule has 0 unspecified atom stereocenters. The summed E-state index contributed by atoms with van der Waals surface area (Å²) in [6, 6.07) is 9.75. The zero-order valence-electron chi connectivity index (χ0n) is 14.0. The molecule has 0 radical (unpaired) electrons. The van der Waals surface area contributed by atoms with Crippen molar-refractivity contribution in [2.45, 2.75) is 18.9 Å². The normalized spacial score (nSPS) is 17.8. The van der Waals surface area contributed by atoms with Gasteiger partial charge in [0.2, 0.25) is 10.0 Å². The van der Waals surface area contributed by atoms with Crippen LogP contribution in [0, 0.1) is 0 Å². The van der Waals surface area contributed by atoms with E-state index in [9.17, 15) is 18.0 Å². The molecule has 2 aromatic rings. The number of carbonyl (C=O) groups excluding carboxylic acids is 2. The van der Waals surface area contributed by atoms with Crippen LogP contribution in [0.3, 0.4) is 0 Å². The summed E-state index contributed by atoms with van der Waals surface area (Å²) in [5.74, 6) is -0.831. The predicted molar refractivity (Wildman–Crippen MR) is 92.1 cm³/mol. The first-order valence-electron chi connectivity index (χ1n) is 7.95. The second-order valence-corrected chi connectivity index (χ2v) is 7.85. The lowest BCUT2D eigenvalue weighted by Crippen LogP contribution is -2.51. The molecule has 1 aliphatic rings. The molecule has 9 nitrogen and oxygen atoms in total. The Morgan fingerprint density at radius 2 is 1.96 bits per heavy atom. The van der Waals surface area contributed by atoms with E-state index in [0.717, 1.165) is 16.1 Å². The van der Waals surface area contributed by atoms with E-state index in [1.54, 1.807) is 0 Å². The summed E-state index contributed by atoms with van der Waals surface area (Å²) >= 11 is 0. The van der Waals surface area contributed by atoms with E-state index < -0.39 is 27.9 Å². The van der Waals surface area contributed by atoms with Crippen LogP contribution in [0.2, 0.25) is 0 Å². The number of amides is 2. The number of nitrogens with zero attached hydrogens (tertiary/aromatic N) is 2. The van der Waals surface area contributed by atoms with Crippen molar-refractivity contribution >= 4 is 21.8 Å². The summed E-state index contributed by atoms with van der Waals surface area (Å²) in [7, 11) is -3.48. The van der Waals surface area contributed by atoms with Crippen molar-refractivity contribution in [3.8, 4) is 11.3 Å². The van der Waals surface area contributed by atoms with E-state index in [4.69, 9.17) is 4.52 Å². The van der Waals surface area contributed by atoms with Gasteiger partial charge in [-0.15, -0.1) is 0 Å². The standard InChI is InChI=1S/C16H18N4O5S/c1-26(23,24)20-9-5-8-13(20)16(22)18-17-15(21)12-10-14(25-19-12)11-6-3-2-4-7-11/h2-4,6-7,10,13H,5,8-9H2,1H3,(H,17,21)(H,18,22)/t13-/m0/s1. The summed E-state index contributed by atoms with van der Waals surface area (Å²) < 4.78 is 29.6. The predicted octanol–water partition coefficient (Wildman–Crippen LogP) is 0.527. The number of carbonyl (C=O) groups is 2. The minimum atomic E-state index is -3.48. The molecule has 0 spiro atoms. The molecular formula is C16H18N4O5S. The van der Waals surface area contributed by atoms with Crippen LogP contribution in [-0.2, 0) is 14.8 Å². The van der Waals surface area contributed by atoms with Crippen molar-refractivity contribution in [1.29, 1.82) is 0 Å². The first kappa shape index (κ1) is 18.1. The number of rotatable bonds is 4. The van der Waals surface area contributed by atoms with Gasteiger partial charge in [-0.3, -0.25) is 20.4 Å². The van der Waals surface area contributed by atoms with Crippen molar-refractivity contribution in [1.82, 2.24) is 20.3 Å². The third kappa shape index (κ3) is 3.92. The van der Waals surface area contributed by atoms with Crippen LogP contribution in [0.4, 0.5) is 0 Å². The minimum absolute atomic E-state index is 0.00413. The van der Waals surface area contributed by atoms with Crippen molar-refractivity contribution in [3.63, 3.8) is 0 Å². The van der Waals surface area contributed by atoms with Crippen molar-refractivity contribution in [2.75, 3.05) is 12.8 Å². The molecule has 2 N–H and O–H groups in total. The summed E-state index contributed by atoms with van der Waals surface area (Å²) in [5.41, 5.74) is 5.24. The fourth-order valence-electron chi connectivity index (χ4n) is 2.79. The first-order chi connectivity index (χ1) is 12.4. The Labute approximate surface area is 150 Å². The third-order valence-corrected chi connectivity index (χ3v) is 5.32. The molecule has 1 aliphatic heterocycles. The van der Waals surface area contributed by atoms with Gasteiger partial charge in [0.05, 0.1) is 6.26 Å². The Morgan fingerprint density at radius 3 is 2.65 bits per heavy atom. The molecule has 0 bridgehead atoms. The zero-order chi connectivity index (χ0) is 18.7. The molecule has 138 valence electrons. The maximum Gasteiger partial charge on any atom is 0.291 e. The Kier molecular flexibility index (Phi) is 5.05. The minimum Gasteiger partial charge on any atom is -0.355 e. The lowest BCUT2D eigenvalue weighted by atomic mass is 10.1. The summed E-state index contributed by atoms with van der Waals surface area (Å²) in [4.78, 5) is 24.3. The topological polar surface area (TPSA) is 122 Å². The fourth-order valence-corrected chi connectivity index (χ4v) is 3.91. The monoisotopic (exact) mass is 378 g/mol. The van der Waals surface area contributed by atoms with Crippen molar-refractivity contribution in [2.24, 2.45) is 0 Å². The first-order valence-corrected chi connectivity index (χ1v) is 9.80. The van der Waals surface area contributed by atoms with Crippen LogP contribution in [0.1, 0.15) is 23.3 Å². The van der Waals surface area contributed by atoms with Gasteiger partial charge in [0.15, 0.2) is 11.5 Å². The Bertz CT molecular complexity index is 910. The van der Waals surface area contributed by atoms with Crippen LogP contribution in [0.15, 0.2) is 40.9 Å². The van der Waals surface area contributed by atoms with E-state index in [1.807, 2.05) is 30.3 Å². The zero-order valence-corrected chi connectivity index (χ0v) is 14.8. The molecule has 1 fully saturated rings. The lowest BCUT2D eigenvalue weighted by Gasteiger charge is -2.21. The van der Waals surface area contributed by atoms with Gasteiger partial charge in [0.1, 0.15) is 6.04 Å². The van der Waals surface area contributed by atoms with E-state index in [-0.39, 0.29) is 12.2 Å². The van der Waals surface area contributed by atoms with E-state index >= 15 is 0 Å². The average Bonchev–Trinajstić information content (AvgIpc) is 3.29. The summed E-state index contributed by atoms with van der Waals surface area (Å²) in [6.07, 6.45) is 2.04. The number of nitrogens with one attached hydrogen (secondary N) is 2. The fraction of sp³-hybridized carbons (Fsp3) is 0.312. The lowest BCUT2D eigenvalue weighted by molar-refractivity contribution is -0.124. The molecular weight excluding hydrogens is 360 g/mol. The number of aromatic nitrogens is 1. The van der Waals surface area contributed by atoms with Crippen LogP contribution < -0.4 is 10.9 Å². The number of hydrazine groups is 1. The molecule has 2 amide bonds. The highest BCUT2D eigenvalue weighted by molar-refractivity contribution is 7.88. The number of sulfonamides is 1. The number of hydrogen-bond donors (Lipinski definition) is 2. The van der Waals surface area contributed by atoms with E-state index in [1.165, 1.54) is 6.07 Å². The van der Waals surface area contributed by atoms with Crippen LogP contribution in [0.5, 0.6) is 0 Å². The molecule has 3 rings (SSSR count). The summed E-state index contributed by atoms with van der Waals surface area (Å²) in [6.45, 7) is 0.286. The second-order valence-electron chi connectivity index (χ2n) is 5.92. The molecule has 0 aliphatic carbocycles. The number of benzene rings is 1. The highest BCUT2D eigenvalue weighted by Crippen LogP contribution is 2.21. The largest absolute Gasteiger partial charge is 0.355 e. The highest BCUT2D eigenvalue weighted by atomic mass is 32.2. The number of hydrogen-bond acceptors (Lipinski definition) is 6. The molecule has 2 heterocycles. The Morgan fingerprint density at radius 1 is 1.23 bits per heavy atom. The van der Waals surface area contributed by atoms with Gasteiger partial charge in [0.25, 0.3) is 11.8 Å². The molecule has 1 aromatic carbocycles. The third-order valence-electron chi connectivity index (χ3n) is 4.03. The molecule has 1 atom stereocenters. The maximum atomic E-state index is 12.2. The van der Waals surface area contributed by atoms with E-state index in [2.05, 4.69) is 16.0 Å². The quantitative estimate of drug-likeness (QED) is 0.749. The molecule has 1 saturated heterocycles. The van der Waals surface area contributed by atoms with Crippen LogP contribution in [-0.4, -0.2) is 48.5 Å². The van der Waals surface area contributed by atoms with Gasteiger partial charge in [0, 0.05) is 18.2 Å². The van der Waals surface area contributed by atoms with Gasteiger partial charge < -0.3 is 4.52 Å². The smallest absolute Gasteiger partial charge is 0.291 e. The summed E-state index contributed by atoms with van der Waals surface area (Å²) in [5, 5.41) is 3.68. The van der Waals surface area contributed by atoms with E-state index in [0.29, 0.717) is 18.6 Å². The maximum absolute atomic E-state index is 12.2. The van der Waals surface area contributed by atoms with Crippen LogP contribution in [0.25, 0.3) is 11.3 Å². The average molecular weight is 378 g/mol. The Balaban J connectivity index is 1.61. The van der Waals surface area contributed by atoms with Gasteiger partial charge >= 0.3 is 0 Å². The highest BCUT2D eigenvalue weighted by Gasteiger charge is 2.36. The van der Waals surface area contributed by atoms with Gasteiger partial charge in [-0.05, 0) is 12.8 Å². The van der Waals surface area contributed by atoms with Crippen molar-refractivity contribution < 1.29 is 22.5 Å².